The van der Waals surface area contributed by atoms with Crippen molar-refractivity contribution in [3.8, 4) is 17.2 Å². The van der Waals surface area contributed by atoms with Crippen LogP contribution in [-0.2, 0) is 4.79 Å². The second-order valence-corrected chi connectivity index (χ2v) is 4.53. The number of hydrogen-bond acceptors (Lipinski definition) is 5. The summed E-state index contributed by atoms with van der Waals surface area (Å²) >= 11 is 0. The average Bonchev–Trinajstić information content (AvgIpc) is 2.61. The predicted molar refractivity (Wildman–Crippen MR) is 87.2 cm³/mol. The van der Waals surface area contributed by atoms with E-state index in [-0.39, 0.29) is 12.5 Å². The van der Waals surface area contributed by atoms with Crippen molar-refractivity contribution in [3.63, 3.8) is 0 Å². The zero-order valence-electron chi connectivity index (χ0n) is 13.0. The molecule has 0 radical (unpaired) electrons. The van der Waals surface area contributed by atoms with Crippen LogP contribution in [0.15, 0.2) is 53.6 Å². The maximum Gasteiger partial charge on any atom is 0.277 e. The van der Waals surface area contributed by atoms with Crippen LogP contribution in [0.5, 0.6) is 17.2 Å². The number of hydrazone groups is 1. The monoisotopic (exact) mass is 314 g/mol. The Kier molecular flexibility index (Phi) is 5.99. The summed E-state index contributed by atoms with van der Waals surface area (Å²) in [7, 11) is 3.19. The van der Waals surface area contributed by atoms with E-state index in [0.29, 0.717) is 5.75 Å². The summed E-state index contributed by atoms with van der Waals surface area (Å²) < 4.78 is 15.4. The Balaban J connectivity index is 1.76. The largest absolute Gasteiger partial charge is 0.497 e. The molecule has 2 rings (SSSR count). The van der Waals surface area contributed by atoms with Crippen LogP contribution in [0.1, 0.15) is 5.56 Å². The lowest BCUT2D eigenvalue weighted by Gasteiger charge is -2.05. The van der Waals surface area contributed by atoms with Crippen LogP contribution in [0, 0.1) is 0 Å². The maximum absolute atomic E-state index is 11.6. The minimum atomic E-state index is -0.342. The highest BCUT2D eigenvalue weighted by Crippen LogP contribution is 2.16. The summed E-state index contributed by atoms with van der Waals surface area (Å²) in [6, 6.07) is 14.3. The van der Waals surface area contributed by atoms with Gasteiger partial charge in [0.05, 0.1) is 20.4 Å². The van der Waals surface area contributed by atoms with E-state index < -0.39 is 0 Å². The first-order chi connectivity index (χ1) is 11.2. The molecular weight excluding hydrogens is 296 g/mol. The molecule has 0 spiro atoms. The van der Waals surface area contributed by atoms with E-state index in [0.717, 1.165) is 17.1 Å². The van der Waals surface area contributed by atoms with Crippen molar-refractivity contribution >= 4 is 12.1 Å². The number of ether oxygens (including phenoxy) is 3. The molecule has 0 aliphatic rings. The van der Waals surface area contributed by atoms with Crippen LogP contribution in [-0.4, -0.2) is 32.9 Å². The lowest BCUT2D eigenvalue weighted by atomic mass is 10.2. The van der Waals surface area contributed by atoms with E-state index in [1.807, 2.05) is 24.3 Å². The molecule has 0 fully saturated rings. The number of methoxy groups -OCH3 is 2. The molecule has 0 saturated heterocycles. The number of carbonyl (C=O) groups excluding carboxylic acids is 1. The van der Waals surface area contributed by atoms with E-state index in [1.54, 1.807) is 44.7 Å². The van der Waals surface area contributed by atoms with E-state index in [4.69, 9.17) is 14.2 Å². The first kappa shape index (κ1) is 16.4. The Morgan fingerprint density at radius 2 is 1.48 bits per heavy atom. The smallest absolute Gasteiger partial charge is 0.277 e. The summed E-state index contributed by atoms with van der Waals surface area (Å²) in [6.07, 6.45) is 1.55. The highest BCUT2D eigenvalue weighted by atomic mass is 16.5. The van der Waals surface area contributed by atoms with Gasteiger partial charge in [-0.1, -0.05) is 0 Å². The third-order valence-corrected chi connectivity index (χ3v) is 2.95. The van der Waals surface area contributed by atoms with Crippen molar-refractivity contribution in [1.29, 1.82) is 0 Å². The van der Waals surface area contributed by atoms with Crippen molar-refractivity contribution in [1.82, 2.24) is 5.43 Å². The van der Waals surface area contributed by atoms with Crippen LogP contribution in [0.4, 0.5) is 0 Å². The third-order valence-electron chi connectivity index (χ3n) is 2.95. The number of rotatable bonds is 7. The Hall–Kier alpha value is -3.02. The minimum Gasteiger partial charge on any atom is -0.497 e. The molecule has 0 unspecified atom stereocenters. The second-order valence-electron chi connectivity index (χ2n) is 4.53. The molecule has 1 amide bonds. The molecule has 0 heterocycles. The van der Waals surface area contributed by atoms with E-state index in [1.165, 1.54) is 0 Å². The maximum atomic E-state index is 11.6. The standard InChI is InChI=1S/C17H18N2O4/c1-21-14-5-3-13(4-6-14)11-18-19-17(20)12-23-16-9-7-15(22-2)8-10-16/h3-11H,12H2,1-2H3,(H,19,20)/b18-11-. The van der Waals surface area contributed by atoms with Gasteiger partial charge in [-0.3, -0.25) is 4.79 Å². The zero-order valence-corrected chi connectivity index (χ0v) is 13.0. The molecule has 2 aromatic carbocycles. The molecular formula is C17H18N2O4. The van der Waals surface area contributed by atoms with Crippen molar-refractivity contribution in [2.24, 2.45) is 5.10 Å². The fourth-order valence-electron chi connectivity index (χ4n) is 1.72. The van der Waals surface area contributed by atoms with Gasteiger partial charge in [0.2, 0.25) is 0 Å². The van der Waals surface area contributed by atoms with Crippen molar-refractivity contribution < 1.29 is 19.0 Å². The molecule has 0 aliphatic heterocycles. The van der Waals surface area contributed by atoms with E-state index in [9.17, 15) is 4.79 Å². The molecule has 120 valence electrons. The fraction of sp³-hybridized carbons (Fsp3) is 0.176. The van der Waals surface area contributed by atoms with Crippen molar-refractivity contribution in [2.75, 3.05) is 20.8 Å². The minimum absolute atomic E-state index is 0.119. The molecule has 0 aliphatic carbocycles. The zero-order chi connectivity index (χ0) is 16.5. The summed E-state index contributed by atoms with van der Waals surface area (Å²) in [5.74, 6) is 1.73. The van der Waals surface area contributed by atoms with E-state index >= 15 is 0 Å². The van der Waals surface area contributed by atoms with Crippen LogP contribution in [0.2, 0.25) is 0 Å². The molecule has 0 aromatic heterocycles. The number of benzene rings is 2. The molecule has 23 heavy (non-hydrogen) atoms. The average molecular weight is 314 g/mol. The molecule has 0 atom stereocenters. The van der Waals surface area contributed by atoms with Crippen molar-refractivity contribution in [2.45, 2.75) is 0 Å². The third kappa shape index (κ3) is 5.35. The summed E-state index contributed by atoms with van der Waals surface area (Å²) in [4.78, 5) is 11.6. The molecule has 6 nitrogen and oxygen atoms in total. The molecule has 1 N–H and O–H groups in total. The van der Waals surface area contributed by atoms with Crippen LogP contribution < -0.4 is 19.6 Å². The number of nitrogens with zero attached hydrogens (tertiary/aromatic N) is 1. The summed E-state index contributed by atoms with van der Waals surface area (Å²) in [5, 5.41) is 3.87. The van der Waals surface area contributed by atoms with Gasteiger partial charge in [-0.25, -0.2) is 5.43 Å². The second kappa shape index (κ2) is 8.43. The summed E-state index contributed by atoms with van der Waals surface area (Å²) in [5.41, 5.74) is 3.25. The van der Waals surface area contributed by atoms with Gasteiger partial charge in [-0.05, 0) is 54.1 Å². The summed E-state index contributed by atoms with van der Waals surface area (Å²) in [6.45, 7) is -0.119. The van der Waals surface area contributed by atoms with Gasteiger partial charge in [0.15, 0.2) is 6.61 Å². The Morgan fingerprint density at radius 1 is 0.957 bits per heavy atom. The van der Waals surface area contributed by atoms with Gasteiger partial charge < -0.3 is 14.2 Å². The molecule has 6 heteroatoms. The number of carbonyl (C=O) groups is 1. The Morgan fingerprint density at radius 3 is 2.04 bits per heavy atom. The molecule has 0 bridgehead atoms. The lowest BCUT2D eigenvalue weighted by Crippen LogP contribution is -2.24. The number of amides is 1. The number of nitrogens with one attached hydrogen (secondary N) is 1. The van der Waals surface area contributed by atoms with Gasteiger partial charge in [0.25, 0.3) is 5.91 Å². The van der Waals surface area contributed by atoms with Gasteiger partial charge in [0.1, 0.15) is 17.2 Å². The van der Waals surface area contributed by atoms with Gasteiger partial charge in [0, 0.05) is 0 Å². The fourth-order valence-corrected chi connectivity index (χ4v) is 1.72. The van der Waals surface area contributed by atoms with Crippen LogP contribution >= 0.6 is 0 Å². The first-order valence-electron chi connectivity index (χ1n) is 6.94. The normalized spacial score (nSPS) is 10.3. The predicted octanol–water partition coefficient (Wildman–Crippen LogP) is 2.23. The number of hydrogen-bond donors (Lipinski definition) is 1. The highest BCUT2D eigenvalue weighted by Gasteiger charge is 2.01. The molecule has 2 aromatic rings. The van der Waals surface area contributed by atoms with Gasteiger partial charge in [-0.15, -0.1) is 0 Å². The van der Waals surface area contributed by atoms with E-state index in [2.05, 4.69) is 10.5 Å². The van der Waals surface area contributed by atoms with Gasteiger partial charge >= 0.3 is 0 Å². The highest BCUT2D eigenvalue weighted by molar-refractivity contribution is 5.83. The van der Waals surface area contributed by atoms with Crippen LogP contribution in [0.25, 0.3) is 0 Å². The Labute approximate surface area is 134 Å². The van der Waals surface area contributed by atoms with Crippen LogP contribution in [0.3, 0.4) is 0 Å². The van der Waals surface area contributed by atoms with Crippen molar-refractivity contribution in [3.05, 3.63) is 54.1 Å². The lowest BCUT2D eigenvalue weighted by molar-refractivity contribution is -0.123. The SMILES string of the molecule is COc1ccc(/C=N\NC(=O)COc2ccc(OC)cc2)cc1. The first-order valence-corrected chi connectivity index (χ1v) is 6.94. The Bertz CT molecular complexity index is 651. The topological polar surface area (TPSA) is 69.2 Å². The quantitative estimate of drug-likeness (QED) is 0.628. The molecule has 0 saturated carbocycles. The van der Waals surface area contributed by atoms with Gasteiger partial charge in [-0.2, -0.15) is 5.10 Å².